The van der Waals surface area contributed by atoms with E-state index in [-0.39, 0.29) is 6.61 Å². The summed E-state index contributed by atoms with van der Waals surface area (Å²) < 4.78 is 1.99. The molecule has 0 radical (unpaired) electrons. The van der Waals surface area contributed by atoms with Gasteiger partial charge in [-0.1, -0.05) is 13.3 Å². The third-order valence-corrected chi connectivity index (χ3v) is 3.35. The van der Waals surface area contributed by atoms with Crippen LogP contribution in [-0.4, -0.2) is 27.4 Å². The van der Waals surface area contributed by atoms with Gasteiger partial charge in [0.25, 0.3) is 0 Å². The molecule has 0 saturated heterocycles. The van der Waals surface area contributed by atoms with Crippen LogP contribution in [0.5, 0.6) is 0 Å². The SMILES string of the molecule is CCCCc1cn(CCO)c2ccc(C(=O)O)cc12. The van der Waals surface area contributed by atoms with Crippen LogP contribution in [0.4, 0.5) is 0 Å². The van der Waals surface area contributed by atoms with Crippen LogP contribution < -0.4 is 0 Å². The van der Waals surface area contributed by atoms with E-state index in [0.717, 1.165) is 35.7 Å². The summed E-state index contributed by atoms with van der Waals surface area (Å²) >= 11 is 0. The molecule has 1 aromatic carbocycles. The molecule has 4 heteroatoms. The van der Waals surface area contributed by atoms with E-state index in [9.17, 15) is 4.79 Å². The highest BCUT2D eigenvalue weighted by molar-refractivity contribution is 5.95. The average molecular weight is 261 g/mol. The number of aliphatic hydroxyl groups excluding tert-OH is 1. The van der Waals surface area contributed by atoms with Crippen LogP contribution in [-0.2, 0) is 13.0 Å². The van der Waals surface area contributed by atoms with Gasteiger partial charge in [0, 0.05) is 23.6 Å². The molecule has 0 bridgehead atoms. The van der Waals surface area contributed by atoms with Gasteiger partial charge < -0.3 is 14.8 Å². The van der Waals surface area contributed by atoms with E-state index in [2.05, 4.69) is 6.92 Å². The minimum atomic E-state index is -0.904. The first kappa shape index (κ1) is 13.6. The van der Waals surface area contributed by atoms with Gasteiger partial charge in [0.05, 0.1) is 12.2 Å². The van der Waals surface area contributed by atoms with Crippen molar-refractivity contribution >= 4 is 16.9 Å². The van der Waals surface area contributed by atoms with Crippen molar-refractivity contribution < 1.29 is 15.0 Å². The topological polar surface area (TPSA) is 62.5 Å². The van der Waals surface area contributed by atoms with Crippen molar-refractivity contribution in [2.75, 3.05) is 6.61 Å². The van der Waals surface area contributed by atoms with Crippen LogP contribution in [0.25, 0.3) is 10.9 Å². The molecule has 0 saturated carbocycles. The van der Waals surface area contributed by atoms with Gasteiger partial charge in [0.1, 0.15) is 0 Å². The highest BCUT2D eigenvalue weighted by Crippen LogP contribution is 2.24. The lowest BCUT2D eigenvalue weighted by molar-refractivity contribution is 0.0697. The van der Waals surface area contributed by atoms with Gasteiger partial charge in [-0.05, 0) is 36.6 Å². The molecule has 2 N–H and O–H groups in total. The van der Waals surface area contributed by atoms with Crippen molar-refractivity contribution in [3.63, 3.8) is 0 Å². The molecule has 1 aromatic heterocycles. The van der Waals surface area contributed by atoms with Gasteiger partial charge in [-0.15, -0.1) is 0 Å². The molecule has 2 rings (SSSR count). The number of carbonyl (C=O) groups is 1. The summed E-state index contributed by atoms with van der Waals surface area (Å²) in [6, 6.07) is 5.17. The van der Waals surface area contributed by atoms with E-state index in [4.69, 9.17) is 10.2 Å². The first-order chi connectivity index (χ1) is 9.17. The Morgan fingerprint density at radius 2 is 2.16 bits per heavy atom. The Morgan fingerprint density at radius 1 is 1.37 bits per heavy atom. The zero-order valence-electron chi connectivity index (χ0n) is 11.1. The second-order valence-corrected chi connectivity index (χ2v) is 4.71. The maximum Gasteiger partial charge on any atom is 0.335 e. The number of carboxylic acid groups (broad SMARTS) is 1. The number of nitrogens with zero attached hydrogens (tertiary/aromatic N) is 1. The first-order valence-corrected chi connectivity index (χ1v) is 6.63. The van der Waals surface area contributed by atoms with Crippen LogP contribution in [0.2, 0.25) is 0 Å². The summed E-state index contributed by atoms with van der Waals surface area (Å²) in [5, 5.41) is 19.2. The summed E-state index contributed by atoms with van der Waals surface area (Å²) in [4.78, 5) is 11.1. The zero-order chi connectivity index (χ0) is 13.8. The molecule has 2 aromatic rings. The number of aromatic carboxylic acids is 1. The number of fused-ring (bicyclic) bond motifs is 1. The van der Waals surface area contributed by atoms with Crippen molar-refractivity contribution in [1.82, 2.24) is 4.57 Å². The Kier molecular flexibility index (Phi) is 4.22. The highest BCUT2D eigenvalue weighted by Gasteiger charge is 2.11. The van der Waals surface area contributed by atoms with Crippen molar-refractivity contribution in [3.05, 3.63) is 35.5 Å². The molecule has 0 aliphatic heterocycles. The first-order valence-electron chi connectivity index (χ1n) is 6.63. The van der Waals surface area contributed by atoms with Crippen LogP contribution in [0.15, 0.2) is 24.4 Å². The number of carboxylic acids is 1. The fourth-order valence-electron chi connectivity index (χ4n) is 2.36. The Labute approximate surface area is 112 Å². The average Bonchev–Trinajstić information content (AvgIpc) is 2.74. The molecule has 4 nitrogen and oxygen atoms in total. The summed E-state index contributed by atoms with van der Waals surface area (Å²) in [5.74, 6) is -0.904. The molecule has 19 heavy (non-hydrogen) atoms. The molecule has 0 unspecified atom stereocenters. The molecule has 0 atom stereocenters. The van der Waals surface area contributed by atoms with Crippen molar-refractivity contribution in [1.29, 1.82) is 0 Å². The lowest BCUT2D eigenvalue weighted by Gasteiger charge is -2.02. The van der Waals surface area contributed by atoms with Gasteiger partial charge in [0.2, 0.25) is 0 Å². The second-order valence-electron chi connectivity index (χ2n) is 4.71. The van der Waals surface area contributed by atoms with E-state index < -0.39 is 5.97 Å². The fourth-order valence-corrected chi connectivity index (χ4v) is 2.36. The third-order valence-electron chi connectivity index (χ3n) is 3.35. The zero-order valence-corrected chi connectivity index (χ0v) is 11.1. The number of unbranched alkanes of at least 4 members (excludes halogenated alkanes) is 1. The van der Waals surface area contributed by atoms with Gasteiger partial charge >= 0.3 is 5.97 Å². The number of hydrogen-bond acceptors (Lipinski definition) is 2. The number of benzene rings is 1. The maximum absolute atomic E-state index is 11.1. The quantitative estimate of drug-likeness (QED) is 0.840. The number of aryl methyl sites for hydroxylation is 1. The second kappa shape index (κ2) is 5.89. The predicted molar refractivity (Wildman–Crippen MR) is 74.6 cm³/mol. The normalized spacial score (nSPS) is 11.1. The number of rotatable bonds is 6. The molecule has 0 aliphatic carbocycles. The Bertz CT molecular complexity index is 586. The van der Waals surface area contributed by atoms with E-state index in [1.165, 1.54) is 0 Å². The molecule has 0 spiro atoms. The van der Waals surface area contributed by atoms with E-state index >= 15 is 0 Å². The molecule has 102 valence electrons. The van der Waals surface area contributed by atoms with Gasteiger partial charge in [0.15, 0.2) is 0 Å². The van der Waals surface area contributed by atoms with Crippen molar-refractivity contribution in [3.8, 4) is 0 Å². The van der Waals surface area contributed by atoms with Crippen LogP contribution in [0.1, 0.15) is 35.7 Å². The van der Waals surface area contributed by atoms with E-state index in [1.807, 2.05) is 16.8 Å². The molecule has 0 fully saturated rings. The minimum absolute atomic E-state index is 0.0810. The third kappa shape index (κ3) is 2.79. The van der Waals surface area contributed by atoms with Gasteiger partial charge in [-0.3, -0.25) is 0 Å². The molecular weight excluding hydrogens is 242 g/mol. The Balaban J connectivity index is 2.51. The molecule has 1 heterocycles. The minimum Gasteiger partial charge on any atom is -0.478 e. The Morgan fingerprint density at radius 3 is 2.79 bits per heavy atom. The monoisotopic (exact) mass is 261 g/mol. The van der Waals surface area contributed by atoms with Gasteiger partial charge in [-0.25, -0.2) is 4.79 Å². The molecular formula is C15H19NO3. The largest absolute Gasteiger partial charge is 0.478 e. The summed E-state index contributed by atoms with van der Waals surface area (Å²) in [7, 11) is 0. The maximum atomic E-state index is 11.1. The highest BCUT2D eigenvalue weighted by atomic mass is 16.4. The van der Waals surface area contributed by atoms with E-state index in [0.29, 0.717) is 12.1 Å². The summed E-state index contributed by atoms with van der Waals surface area (Å²) in [5.41, 5.74) is 2.46. The summed E-state index contributed by atoms with van der Waals surface area (Å²) in [6.07, 6.45) is 5.15. The molecule has 0 aliphatic rings. The van der Waals surface area contributed by atoms with Crippen LogP contribution in [0, 0.1) is 0 Å². The predicted octanol–water partition coefficient (Wildman–Crippen LogP) is 2.67. The van der Waals surface area contributed by atoms with Crippen LogP contribution in [0.3, 0.4) is 0 Å². The Hall–Kier alpha value is -1.81. The van der Waals surface area contributed by atoms with Crippen molar-refractivity contribution in [2.24, 2.45) is 0 Å². The molecule has 0 amide bonds. The lowest BCUT2D eigenvalue weighted by Crippen LogP contribution is -2.00. The fraction of sp³-hybridized carbons (Fsp3) is 0.400. The number of hydrogen-bond donors (Lipinski definition) is 2. The smallest absolute Gasteiger partial charge is 0.335 e. The van der Waals surface area contributed by atoms with E-state index in [1.54, 1.807) is 12.1 Å². The lowest BCUT2D eigenvalue weighted by atomic mass is 10.1. The standard InChI is InChI=1S/C15H19NO3/c1-2-3-4-12-10-16(7-8-17)14-6-5-11(15(18)19)9-13(12)14/h5-6,9-10,17H,2-4,7-8H2,1H3,(H,18,19). The van der Waals surface area contributed by atoms with Gasteiger partial charge in [-0.2, -0.15) is 0 Å². The van der Waals surface area contributed by atoms with Crippen LogP contribution >= 0.6 is 0 Å². The van der Waals surface area contributed by atoms with Crippen molar-refractivity contribution in [2.45, 2.75) is 32.7 Å². The summed E-state index contributed by atoms with van der Waals surface area (Å²) in [6.45, 7) is 2.75. The number of aromatic nitrogens is 1. The number of aliphatic hydroxyl groups is 1.